The molecule has 17 heavy (non-hydrogen) atoms. The van der Waals surface area contributed by atoms with Crippen molar-refractivity contribution in [2.45, 2.75) is 6.54 Å². The van der Waals surface area contributed by atoms with E-state index in [-0.39, 0.29) is 17.8 Å². The molecule has 0 unspecified atom stereocenters. The minimum absolute atomic E-state index is 0.0793. The van der Waals surface area contributed by atoms with E-state index in [1.54, 1.807) is 0 Å². The number of hydrogen-bond acceptors (Lipinski definition) is 5. The third kappa shape index (κ3) is 2.54. The Bertz CT molecular complexity index is 526. The largest absolute Gasteiger partial charge is 0.398 e. The van der Waals surface area contributed by atoms with Crippen molar-refractivity contribution in [1.82, 2.24) is 25.9 Å². The second kappa shape index (κ2) is 4.56. The van der Waals surface area contributed by atoms with Crippen LogP contribution in [0.5, 0.6) is 0 Å². The van der Waals surface area contributed by atoms with Crippen LogP contribution in [0.3, 0.4) is 0 Å². The van der Waals surface area contributed by atoms with Crippen molar-refractivity contribution in [2.75, 3.05) is 5.73 Å². The van der Waals surface area contributed by atoms with Gasteiger partial charge in [-0.1, -0.05) is 5.21 Å². The molecule has 4 N–H and O–H groups in total. The number of nitrogen functional groups attached to an aromatic ring is 1. The predicted molar refractivity (Wildman–Crippen MR) is 56.2 cm³/mol. The second-order valence-corrected chi connectivity index (χ2v) is 3.24. The van der Waals surface area contributed by atoms with E-state index in [1.165, 1.54) is 12.1 Å². The molecule has 1 amide bonds. The van der Waals surface area contributed by atoms with E-state index in [9.17, 15) is 9.18 Å². The predicted octanol–water partition coefficient (Wildman–Crippen LogP) is -0.149. The van der Waals surface area contributed by atoms with Crippen LogP contribution in [0.25, 0.3) is 0 Å². The van der Waals surface area contributed by atoms with E-state index in [4.69, 9.17) is 5.73 Å². The Morgan fingerprint density at radius 1 is 1.53 bits per heavy atom. The highest BCUT2D eigenvalue weighted by atomic mass is 19.1. The minimum atomic E-state index is -0.489. The van der Waals surface area contributed by atoms with Crippen LogP contribution < -0.4 is 11.1 Å². The molecule has 0 bridgehead atoms. The number of nitrogens with zero attached hydrogens (tertiary/aromatic N) is 3. The molecular formula is C9H9FN6O. The molecule has 0 aliphatic heterocycles. The number of rotatable bonds is 3. The summed E-state index contributed by atoms with van der Waals surface area (Å²) >= 11 is 0. The summed E-state index contributed by atoms with van der Waals surface area (Å²) < 4.78 is 12.8. The Hall–Kier alpha value is -2.51. The number of amides is 1. The number of nitrogens with two attached hydrogens (primary N) is 1. The minimum Gasteiger partial charge on any atom is -0.398 e. The van der Waals surface area contributed by atoms with Crippen LogP contribution in [-0.4, -0.2) is 26.5 Å². The fourth-order valence-electron chi connectivity index (χ4n) is 1.25. The fraction of sp³-hybridized carbons (Fsp3) is 0.111. The number of aromatic nitrogens is 4. The molecule has 88 valence electrons. The number of aromatic amines is 1. The van der Waals surface area contributed by atoms with Crippen LogP contribution in [0.2, 0.25) is 0 Å². The Kier molecular flexibility index (Phi) is 2.95. The van der Waals surface area contributed by atoms with Crippen molar-refractivity contribution < 1.29 is 9.18 Å². The maximum Gasteiger partial charge on any atom is 0.253 e. The first-order valence-electron chi connectivity index (χ1n) is 4.72. The zero-order valence-corrected chi connectivity index (χ0v) is 8.64. The van der Waals surface area contributed by atoms with Gasteiger partial charge in [-0.3, -0.25) is 4.79 Å². The highest BCUT2D eigenvalue weighted by Crippen LogP contribution is 2.13. The summed E-state index contributed by atoms with van der Waals surface area (Å²) in [5, 5.41) is 15.5. The number of tetrazole rings is 1. The van der Waals surface area contributed by atoms with E-state index in [0.717, 1.165) is 6.07 Å². The monoisotopic (exact) mass is 236 g/mol. The molecule has 7 nitrogen and oxygen atoms in total. The van der Waals surface area contributed by atoms with Crippen LogP contribution in [0, 0.1) is 5.82 Å². The topological polar surface area (TPSA) is 110 Å². The average molecular weight is 236 g/mol. The molecule has 0 spiro atoms. The van der Waals surface area contributed by atoms with Gasteiger partial charge in [0.15, 0.2) is 5.82 Å². The maximum atomic E-state index is 12.8. The van der Waals surface area contributed by atoms with E-state index in [2.05, 4.69) is 25.9 Å². The number of carbonyl (C=O) groups excluding carboxylic acids is 1. The first-order chi connectivity index (χ1) is 8.16. The maximum absolute atomic E-state index is 12.8. The third-order valence-electron chi connectivity index (χ3n) is 2.05. The van der Waals surface area contributed by atoms with Gasteiger partial charge < -0.3 is 11.1 Å². The lowest BCUT2D eigenvalue weighted by Crippen LogP contribution is -2.24. The van der Waals surface area contributed by atoms with Crippen molar-refractivity contribution in [3.63, 3.8) is 0 Å². The van der Waals surface area contributed by atoms with Crippen molar-refractivity contribution in [3.8, 4) is 0 Å². The molecule has 0 atom stereocenters. The van der Waals surface area contributed by atoms with Gasteiger partial charge in [0.25, 0.3) is 5.91 Å². The molecule has 1 aromatic carbocycles. The van der Waals surface area contributed by atoms with Crippen molar-refractivity contribution >= 4 is 11.6 Å². The van der Waals surface area contributed by atoms with Gasteiger partial charge in [0.1, 0.15) is 5.82 Å². The number of halogens is 1. The van der Waals surface area contributed by atoms with Crippen LogP contribution in [0.15, 0.2) is 18.2 Å². The zero-order valence-electron chi connectivity index (χ0n) is 8.64. The molecule has 1 aromatic heterocycles. The number of nitrogens with one attached hydrogen (secondary N) is 2. The van der Waals surface area contributed by atoms with Gasteiger partial charge in [-0.15, -0.1) is 10.2 Å². The van der Waals surface area contributed by atoms with Crippen molar-refractivity contribution in [2.24, 2.45) is 0 Å². The van der Waals surface area contributed by atoms with Gasteiger partial charge in [-0.2, -0.15) is 5.21 Å². The first-order valence-corrected chi connectivity index (χ1v) is 4.72. The Morgan fingerprint density at radius 3 is 3.00 bits per heavy atom. The van der Waals surface area contributed by atoms with Gasteiger partial charge in [0.05, 0.1) is 12.1 Å². The van der Waals surface area contributed by atoms with Crippen LogP contribution in [0.4, 0.5) is 10.1 Å². The van der Waals surface area contributed by atoms with Crippen LogP contribution in [-0.2, 0) is 6.54 Å². The van der Waals surface area contributed by atoms with Gasteiger partial charge in [0, 0.05) is 5.69 Å². The van der Waals surface area contributed by atoms with E-state index in [1.807, 2.05) is 0 Å². The molecule has 0 aliphatic rings. The third-order valence-corrected chi connectivity index (χ3v) is 2.05. The Labute approximate surface area is 95.2 Å². The Balaban J connectivity index is 2.04. The molecule has 1 heterocycles. The molecular weight excluding hydrogens is 227 g/mol. The lowest BCUT2D eigenvalue weighted by molar-refractivity contribution is 0.0951. The summed E-state index contributed by atoms with van der Waals surface area (Å²) in [7, 11) is 0. The summed E-state index contributed by atoms with van der Waals surface area (Å²) in [4.78, 5) is 11.7. The number of carbonyl (C=O) groups is 1. The quantitative estimate of drug-likeness (QED) is 0.642. The first kappa shape index (κ1) is 11.0. The summed E-state index contributed by atoms with van der Waals surface area (Å²) in [5.41, 5.74) is 5.80. The molecule has 0 fully saturated rings. The highest BCUT2D eigenvalue weighted by molar-refractivity contribution is 5.98. The average Bonchev–Trinajstić information content (AvgIpc) is 2.78. The molecule has 2 rings (SSSR count). The summed E-state index contributed by atoms with van der Waals surface area (Å²) in [6.07, 6.45) is 0. The number of hydrogen-bond donors (Lipinski definition) is 3. The summed E-state index contributed by atoms with van der Waals surface area (Å²) in [6, 6.07) is 3.57. The molecule has 0 saturated heterocycles. The Morgan fingerprint density at radius 2 is 2.35 bits per heavy atom. The molecule has 8 heteroatoms. The molecule has 0 saturated carbocycles. The highest BCUT2D eigenvalue weighted by Gasteiger charge is 2.10. The van der Waals surface area contributed by atoms with Gasteiger partial charge in [-0.05, 0) is 18.2 Å². The number of benzene rings is 1. The molecule has 0 aliphatic carbocycles. The summed E-state index contributed by atoms with van der Waals surface area (Å²) in [6.45, 7) is 0.117. The number of anilines is 1. The van der Waals surface area contributed by atoms with Crippen molar-refractivity contribution in [3.05, 3.63) is 35.4 Å². The van der Waals surface area contributed by atoms with Gasteiger partial charge in [-0.25, -0.2) is 4.39 Å². The molecule has 2 aromatic rings. The van der Waals surface area contributed by atoms with E-state index in [0.29, 0.717) is 5.82 Å². The van der Waals surface area contributed by atoms with Crippen LogP contribution in [0.1, 0.15) is 16.2 Å². The summed E-state index contributed by atoms with van der Waals surface area (Å²) in [5.74, 6) is -0.566. The van der Waals surface area contributed by atoms with E-state index < -0.39 is 11.7 Å². The normalized spacial score (nSPS) is 10.2. The number of H-pyrrole nitrogens is 1. The van der Waals surface area contributed by atoms with Gasteiger partial charge in [0.2, 0.25) is 0 Å². The lowest BCUT2D eigenvalue weighted by atomic mass is 10.1. The second-order valence-electron chi connectivity index (χ2n) is 3.24. The standard InChI is InChI=1S/C9H9FN6O/c10-5-1-2-6(7(11)3-5)9(17)12-4-8-13-15-16-14-8/h1-3H,4,11H2,(H,12,17)(H,13,14,15,16). The van der Waals surface area contributed by atoms with Crippen LogP contribution >= 0.6 is 0 Å². The zero-order chi connectivity index (χ0) is 12.3. The molecule has 0 radical (unpaired) electrons. The fourth-order valence-corrected chi connectivity index (χ4v) is 1.25. The van der Waals surface area contributed by atoms with Gasteiger partial charge >= 0.3 is 0 Å². The van der Waals surface area contributed by atoms with Crippen molar-refractivity contribution in [1.29, 1.82) is 0 Å². The SMILES string of the molecule is Nc1cc(F)ccc1C(=O)NCc1nn[nH]n1. The smallest absolute Gasteiger partial charge is 0.253 e. The lowest BCUT2D eigenvalue weighted by Gasteiger charge is -2.05. The van der Waals surface area contributed by atoms with E-state index >= 15 is 0 Å².